The molecule has 20 heavy (non-hydrogen) atoms. The van der Waals surface area contributed by atoms with E-state index in [-0.39, 0.29) is 5.91 Å². The highest BCUT2D eigenvalue weighted by atomic mass is 35.5. The number of carbonyl (C=O) groups is 1. The molecule has 0 aromatic heterocycles. The molecule has 1 amide bonds. The molecule has 0 aliphatic carbocycles. The van der Waals surface area contributed by atoms with Crippen molar-refractivity contribution in [3.8, 4) is 0 Å². The molecule has 1 saturated heterocycles. The Morgan fingerprint density at radius 2 is 2.25 bits per heavy atom. The SMILES string of the molecule is CC1CCN(CC(=O)Nc2cc(Cl)ccc2N)C(C)C1. The van der Waals surface area contributed by atoms with E-state index in [1.54, 1.807) is 18.2 Å². The van der Waals surface area contributed by atoms with Crippen LogP contribution in [0, 0.1) is 5.92 Å². The molecule has 3 N–H and O–H groups in total. The van der Waals surface area contributed by atoms with Gasteiger partial charge in [-0.2, -0.15) is 0 Å². The summed E-state index contributed by atoms with van der Waals surface area (Å²) in [4.78, 5) is 14.3. The molecule has 5 heteroatoms. The van der Waals surface area contributed by atoms with Crippen molar-refractivity contribution in [2.75, 3.05) is 24.1 Å². The highest BCUT2D eigenvalue weighted by Gasteiger charge is 2.24. The van der Waals surface area contributed by atoms with Gasteiger partial charge in [0.05, 0.1) is 17.9 Å². The monoisotopic (exact) mass is 295 g/mol. The Morgan fingerprint density at radius 3 is 2.95 bits per heavy atom. The van der Waals surface area contributed by atoms with Crippen molar-refractivity contribution < 1.29 is 4.79 Å². The third-order valence-corrected chi connectivity index (χ3v) is 4.15. The van der Waals surface area contributed by atoms with Crippen LogP contribution in [0.2, 0.25) is 5.02 Å². The van der Waals surface area contributed by atoms with Crippen molar-refractivity contribution in [2.45, 2.75) is 32.7 Å². The molecule has 0 spiro atoms. The molecule has 1 aliphatic rings. The maximum atomic E-state index is 12.1. The lowest BCUT2D eigenvalue weighted by Crippen LogP contribution is -2.44. The van der Waals surface area contributed by atoms with Gasteiger partial charge in [0.2, 0.25) is 5.91 Å². The van der Waals surface area contributed by atoms with Crippen LogP contribution in [-0.2, 0) is 4.79 Å². The first-order valence-electron chi connectivity index (χ1n) is 7.04. The predicted molar refractivity (Wildman–Crippen MR) is 83.9 cm³/mol. The summed E-state index contributed by atoms with van der Waals surface area (Å²) in [6.45, 7) is 5.82. The van der Waals surface area contributed by atoms with Crippen LogP contribution in [0.25, 0.3) is 0 Å². The van der Waals surface area contributed by atoms with E-state index in [9.17, 15) is 4.79 Å². The molecule has 0 bridgehead atoms. The molecule has 1 aromatic carbocycles. The van der Waals surface area contributed by atoms with Gasteiger partial charge < -0.3 is 11.1 Å². The Hall–Kier alpha value is -1.26. The Labute approximate surface area is 125 Å². The molecular weight excluding hydrogens is 274 g/mol. The number of likely N-dealkylation sites (tertiary alicyclic amines) is 1. The molecule has 1 aliphatic heterocycles. The van der Waals surface area contributed by atoms with E-state index in [1.807, 2.05) is 0 Å². The fourth-order valence-electron chi connectivity index (χ4n) is 2.70. The van der Waals surface area contributed by atoms with Gasteiger partial charge in [-0.3, -0.25) is 9.69 Å². The number of amides is 1. The highest BCUT2D eigenvalue weighted by molar-refractivity contribution is 6.31. The average Bonchev–Trinajstić information content (AvgIpc) is 2.37. The second-order valence-corrected chi connectivity index (χ2v) is 6.17. The van der Waals surface area contributed by atoms with Crippen molar-refractivity contribution in [2.24, 2.45) is 5.92 Å². The smallest absolute Gasteiger partial charge is 0.238 e. The fourth-order valence-corrected chi connectivity index (χ4v) is 2.87. The third-order valence-electron chi connectivity index (χ3n) is 3.91. The molecule has 0 radical (unpaired) electrons. The molecule has 1 fully saturated rings. The fraction of sp³-hybridized carbons (Fsp3) is 0.533. The lowest BCUT2D eigenvalue weighted by molar-refractivity contribution is -0.118. The molecule has 1 aromatic rings. The summed E-state index contributed by atoms with van der Waals surface area (Å²) in [5.41, 5.74) is 6.94. The van der Waals surface area contributed by atoms with E-state index in [4.69, 9.17) is 17.3 Å². The van der Waals surface area contributed by atoms with Gasteiger partial charge in [-0.05, 0) is 50.4 Å². The number of benzene rings is 1. The zero-order valence-corrected chi connectivity index (χ0v) is 12.8. The van der Waals surface area contributed by atoms with Gasteiger partial charge in [0.1, 0.15) is 0 Å². The quantitative estimate of drug-likeness (QED) is 0.843. The number of anilines is 2. The van der Waals surface area contributed by atoms with Crippen LogP contribution in [0.4, 0.5) is 11.4 Å². The van der Waals surface area contributed by atoms with Crippen LogP contribution in [0.5, 0.6) is 0 Å². The van der Waals surface area contributed by atoms with E-state index in [2.05, 4.69) is 24.1 Å². The molecule has 4 nitrogen and oxygen atoms in total. The minimum absolute atomic E-state index is 0.0413. The molecule has 110 valence electrons. The van der Waals surface area contributed by atoms with Gasteiger partial charge in [-0.25, -0.2) is 0 Å². The summed E-state index contributed by atoms with van der Waals surface area (Å²) < 4.78 is 0. The number of rotatable bonds is 3. The molecular formula is C15H22ClN3O. The van der Waals surface area contributed by atoms with Crippen LogP contribution < -0.4 is 11.1 Å². The van der Waals surface area contributed by atoms with Gasteiger partial charge >= 0.3 is 0 Å². The Kier molecular flexibility index (Phi) is 4.89. The number of nitrogens with one attached hydrogen (secondary N) is 1. The van der Waals surface area contributed by atoms with Crippen molar-refractivity contribution in [1.29, 1.82) is 0 Å². The van der Waals surface area contributed by atoms with E-state index >= 15 is 0 Å². The van der Waals surface area contributed by atoms with Gasteiger partial charge in [-0.1, -0.05) is 18.5 Å². The van der Waals surface area contributed by atoms with Crippen LogP contribution in [0.15, 0.2) is 18.2 Å². The summed E-state index contributed by atoms with van der Waals surface area (Å²) in [7, 11) is 0. The lowest BCUT2D eigenvalue weighted by Gasteiger charge is -2.35. The number of nitrogens with zero attached hydrogens (tertiary/aromatic N) is 1. The summed E-state index contributed by atoms with van der Waals surface area (Å²) in [5.74, 6) is 0.702. The first-order chi connectivity index (χ1) is 9.45. The molecule has 0 saturated carbocycles. The van der Waals surface area contributed by atoms with Crippen LogP contribution in [0.3, 0.4) is 0 Å². The number of nitrogens with two attached hydrogens (primary N) is 1. The Morgan fingerprint density at radius 1 is 1.50 bits per heavy atom. The number of piperidine rings is 1. The number of nitrogen functional groups attached to an aromatic ring is 1. The summed E-state index contributed by atoms with van der Waals surface area (Å²) in [6.07, 6.45) is 2.30. The molecule has 2 rings (SSSR count). The van der Waals surface area contributed by atoms with Crippen LogP contribution >= 0.6 is 11.6 Å². The van der Waals surface area contributed by atoms with Crippen LogP contribution in [0.1, 0.15) is 26.7 Å². The third kappa shape index (κ3) is 3.87. The summed E-state index contributed by atoms with van der Waals surface area (Å²) >= 11 is 5.91. The first kappa shape index (κ1) is 15.1. The molecule has 1 heterocycles. The highest BCUT2D eigenvalue weighted by Crippen LogP contribution is 2.24. The lowest BCUT2D eigenvalue weighted by atomic mass is 9.93. The van der Waals surface area contributed by atoms with E-state index < -0.39 is 0 Å². The normalized spacial score (nSPS) is 23.6. The van der Waals surface area contributed by atoms with Crippen molar-refractivity contribution in [1.82, 2.24) is 4.90 Å². The predicted octanol–water partition coefficient (Wildman–Crippen LogP) is 2.98. The number of hydrogen-bond donors (Lipinski definition) is 2. The van der Waals surface area contributed by atoms with E-state index in [0.717, 1.165) is 25.3 Å². The topological polar surface area (TPSA) is 58.4 Å². The first-order valence-corrected chi connectivity index (χ1v) is 7.42. The van der Waals surface area contributed by atoms with Crippen molar-refractivity contribution >= 4 is 28.9 Å². The average molecular weight is 296 g/mol. The number of hydrogen-bond acceptors (Lipinski definition) is 3. The van der Waals surface area contributed by atoms with Gasteiger partial charge in [-0.15, -0.1) is 0 Å². The Bertz CT molecular complexity index is 492. The van der Waals surface area contributed by atoms with Crippen LogP contribution in [-0.4, -0.2) is 29.9 Å². The standard InChI is InChI=1S/C15H22ClN3O/c1-10-5-6-19(11(2)7-10)9-15(20)18-14-8-12(16)3-4-13(14)17/h3-4,8,10-11H,5-7,9,17H2,1-2H3,(H,18,20). The summed E-state index contributed by atoms with van der Waals surface area (Å²) in [5, 5.41) is 3.40. The van der Waals surface area contributed by atoms with Gasteiger partial charge in [0.25, 0.3) is 0 Å². The van der Waals surface area contributed by atoms with E-state index in [1.165, 1.54) is 0 Å². The van der Waals surface area contributed by atoms with Crippen molar-refractivity contribution in [3.63, 3.8) is 0 Å². The molecule has 2 atom stereocenters. The summed E-state index contributed by atoms with van der Waals surface area (Å²) in [6, 6.07) is 5.53. The maximum Gasteiger partial charge on any atom is 0.238 e. The Balaban J connectivity index is 1.94. The maximum absolute atomic E-state index is 12.1. The number of halogens is 1. The van der Waals surface area contributed by atoms with E-state index in [0.29, 0.717) is 29.0 Å². The minimum atomic E-state index is -0.0413. The van der Waals surface area contributed by atoms with Gasteiger partial charge in [0, 0.05) is 11.1 Å². The zero-order chi connectivity index (χ0) is 14.7. The minimum Gasteiger partial charge on any atom is -0.397 e. The number of carbonyl (C=O) groups excluding carboxylic acids is 1. The zero-order valence-electron chi connectivity index (χ0n) is 12.0. The molecule has 2 unspecified atom stereocenters. The van der Waals surface area contributed by atoms with Gasteiger partial charge in [0.15, 0.2) is 0 Å². The second-order valence-electron chi connectivity index (χ2n) is 5.73. The second kappa shape index (κ2) is 6.46. The van der Waals surface area contributed by atoms with Crippen molar-refractivity contribution in [3.05, 3.63) is 23.2 Å². The largest absolute Gasteiger partial charge is 0.397 e.